The first-order valence-electron chi connectivity index (χ1n) is 12.6. The zero-order chi connectivity index (χ0) is 26.9. The Labute approximate surface area is 226 Å². The van der Waals surface area contributed by atoms with Gasteiger partial charge in [0.05, 0.1) is 16.2 Å². The SMILES string of the molecule is CCc1cc(-c2ccc(NS(=O)(=O)c3ccccc3Cl)cc2F)cc2cnc(N[C@H]3CC[C@H](N)CC3)nc12. The summed E-state index contributed by atoms with van der Waals surface area (Å²) in [4.78, 5) is 9.21. The minimum Gasteiger partial charge on any atom is -0.351 e. The smallest absolute Gasteiger partial charge is 0.263 e. The lowest BCUT2D eigenvalue weighted by molar-refractivity contribution is 0.410. The second-order valence-corrected chi connectivity index (χ2v) is 11.7. The zero-order valence-electron chi connectivity index (χ0n) is 20.9. The Morgan fingerprint density at radius 1 is 1.08 bits per heavy atom. The van der Waals surface area contributed by atoms with Crippen molar-refractivity contribution in [2.75, 3.05) is 10.0 Å². The molecule has 4 aromatic rings. The van der Waals surface area contributed by atoms with E-state index in [-0.39, 0.29) is 21.6 Å². The minimum atomic E-state index is -3.97. The Bertz CT molecular complexity index is 1590. The minimum absolute atomic E-state index is 0.0748. The second-order valence-electron chi connectivity index (χ2n) is 9.61. The number of nitrogens with one attached hydrogen (secondary N) is 2. The Hall–Kier alpha value is -3.27. The van der Waals surface area contributed by atoms with E-state index >= 15 is 4.39 Å². The third-order valence-electron chi connectivity index (χ3n) is 6.91. The monoisotopic (exact) mass is 553 g/mol. The highest BCUT2D eigenvalue weighted by Gasteiger charge is 2.21. The van der Waals surface area contributed by atoms with E-state index in [0.29, 0.717) is 29.5 Å². The van der Waals surface area contributed by atoms with E-state index in [9.17, 15) is 8.42 Å². The molecule has 7 nitrogen and oxygen atoms in total. The quantitative estimate of drug-likeness (QED) is 0.254. The average Bonchev–Trinajstić information content (AvgIpc) is 2.89. The second kappa shape index (κ2) is 10.8. The lowest BCUT2D eigenvalue weighted by Crippen LogP contribution is -2.33. The molecular formula is C28H29ClFN5O2S. The number of aryl methyl sites for hydroxylation is 1. The Kier molecular flexibility index (Phi) is 7.52. The number of hydrogen-bond donors (Lipinski definition) is 3. The lowest BCUT2D eigenvalue weighted by atomic mass is 9.92. The van der Waals surface area contributed by atoms with Crippen molar-refractivity contribution >= 4 is 44.2 Å². The molecule has 0 radical (unpaired) electrons. The van der Waals surface area contributed by atoms with Crippen molar-refractivity contribution < 1.29 is 12.8 Å². The summed E-state index contributed by atoms with van der Waals surface area (Å²) in [5, 5.41) is 4.33. The van der Waals surface area contributed by atoms with E-state index < -0.39 is 15.8 Å². The van der Waals surface area contributed by atoms with Gasteiger partial charge in [0.2, 0.25) is 5.95 Å². The van der Waals surface area contributed by atoms with Crippen molar-refractivity contribution in [2.45, 2.75) is 56.0 Å². The van der Waals surface area contributed by atoms with Gasteiger partial charge in [0.1, 0.15) is 10.7 Å². The average molecular weight is 554 g/mol. The molecule has 0 atom stereocenters. The molecule has 3 aromatic carbocycles. The number of fused-ring (bicyclic) bond motifs is 1. The summed E-state index contributed by atoms with van der Waals surface area (Å²) in [7, 11) is -3.97. The van der Waals surface area contributed by atoms with Gasteiger partial charge >= 0.3 is 0 Å². The maximum Gasteiger partial charge on any atom is 0.263 e. The number of rotatable bonds is 7. The largest absolute Gasteiger partial charge is 0.351 e. The van der Waals surface area contributed by atoms with Gasteiger partial charge in [-0.3, -0.25) is 4.72 Å². The summed E-state index contributed by atoms with van der Waals surface area (Å²) < 4.78 is 43.2. The molecule has 0 unspecified atom stereocenters. The molecule has 0 amide bonds. The van der Waals surface area contributed by atoms with E-state index in [4.69, 9.17) is 22.3 Å². The Morgan fingerprint density at radius 2 is 1.84 bits per heavy atom. The fraction of sp³-hybridized carbons (Fsp3) is 0.286. The van der Waals surface area contributed by atoms with Crippen LogP contribution in [0, 0.1) is 5.82 Å². The number of benzene rings is 3. The van der Waals surface area contributed by atoms with E-state index in [1.165, 1.54) is 24.3 Å². The molecule has 198 valence electrons. The maximum atomic E-state index is 15.3. The summed E-state index contributed by atoms with van der Waals surface area (Å²) in [6, 6.07) is 14.7. The molecule has 1 heterocycles. The van der Waals surface area contributed by atoms with Gasteiger partial charge in [-0.2, -0.15) is 0 Å². The third-order valence-corrected chi connectivity index (χ3v) is 8.79. The molecule has 1 fully saturated rings. The fourth-order valence-corrected chi connectivity index (χ4v) is 6.42. The molecule has 38 heavy (non-hydrogen) atoms. The molecule has 0 bridgehead atoms. The number of hydrogen-bond acceptors (Lipinski definition) is 6. The number of sulfonamides is 1. The molecule has 5 rings (SSSR count). The van der Waals surface area contributed by atoms with Gasteiger partial charge in [-0.15, -0.1) is 0 Å². The summed E-state index contributed by atoms with van der Waals surface area (Å²) in [6.45, 7) is 2.03. The first-order chi connectivity index (χ1) is 18.2. The number of nitrogens with two attached hydrogens (primary N) is 1. The number of halogens is 2. The van der Waals surface area contributed by atoms with Crippen molar-refractivity contribution in [3.05, 3.63) is 77.2 Å². The molecule has 1 aliphatic rings. The van der Waals surface area contributed by atoms with E-state index in [0.717, 1.165) is 42.1 Å². The highest BCUT2D eigenvalue weighted by molar-refractivity contribution is 7.92. The zero-order valence-corrected chi connectivity index (χ0v) is 22.5. The first-order valence-corrected chi connectivity index (χ1v) is 14.5. The molecule has 0 spiro atoms. The molecule has 1 aliphatic carbocycles. The van der Waals surface area contributed by atoms with Crippen LogP contribution in [0.4, 0.5) is 16.0 Å². The summed E-state index contributed by atoms with van der Waals surface area (Å²) in [6.07, 6.45) is 6.42. The molecule has 10 heteroatoms. The molecule has 0 saturated heterocycles. The van der Waals surface area contributed by atoms with Crippen LogP contribution >= 0.6 is 11.6 Å². The highest BCUT2D eigenvalue weighted by Crippen LogP contribution is 2.32. The van der Waals surface area contributed by atoms with Gasteiger partial charge in [-0.25, -0.2) is 22.8 Å². The summed E-state index contributed by atoms with van der Waals surface area (Å²) in [5.41, 5.74) is 8.93. The number of aromatic nitrogens is 2. The van der Waals surface area contributed by atoms with Crippen LogP contribution < -0.4 is 15.8 Å². The van der Waals surface area contributed by atoms with Crippen LogP contribution in [-0.2, 0) is 16.4 Å². The van der Waals surface area contributed by atoms with Crippen molar-refractivity contribution in [3.8, 4) is 11.1 Å². The van der Waals surface area contributed by atoms with Gasteiger partial charge in [-0.05, 0) is 85.7 Å². The van der Waals surface area contributed by atoms with E-state index in [2.05, 4.69) is 15.0 Å². The van der Waals surface area contributed by atoms with Crippen LogP contribution in [0.2, 0.25) is 5.02 Å². The van der Waals surface area contributed by atoms with Crippen molar-refractivity contribution in [1.29, 1.82) is 0 Å². The highest BCUT2D eigenvalue weighted by atomic mass is 35.5. The topological polar surface area (TPSA) is 110 Å². The van der Waals surface area contributed by atoms with Gasteiger partial charge in [-0.1, -0.05) is 30.7 Å². The van der Waals surface area contributed by atoms with Crippen LogP contribution in [0.1, 0.15) is 38.2 Å². The predicted molar refractivity (Wildman–Crippen MR) is 150 cm³/mol. The first kappa shape index (κ1) is 26.3. The molecule has 1 aromatic heterocycles. The van der Waals surface area contributed by atoms with Crippen molar-refractivity contribution in [1.82, 2.24) is 9.97 Å². The van der Waals surface area contributed by atoms with Gasteiger partial charge in [0.15, 0.2) is 0 Å². The van der Waals surface area contributed by atoms with E-state index in [1.54, 1.807) is 24.4 Å². The van der Waals surface area contributed by atoms with Crippen LogP contribution in [-0.4, -0.2) is 30.5 Å². The number of nitrogens with zero attached hydrogens (tertiary/aromatic N) is 2. The normalized spacial score (nSPS) is 17.9. The van der Waals surface area contributed by atoms with Crippen molar-refractivity contribution in [3.63, 3.8) is 0 Å². The van der Waals surface area contributed by atoms with Crippen LogP contribution in [0.3, 0.4) is 0 Å². The molecule has 4 N–H and O–H groups in total. The maximum absolute atomic E-state index is 15.3. The Morgan fingerprint density at radius 3 is 2.55 bits per heavy atom. The lowest BCUT2D eigenvalue weighted by Gasteiger charge is -2.26. The molecule has 0 aliphatic heterocycles. The summed E-state index contributed by atoms with van der Waals surface area (Å²) in [5.74, 6) is 0.0298. The van der Waals surface area contributed by atoms with Crippen molar-refractivity contribution in [2.24, 2.45) is 5.73 Å². The predicted octanol–water partition coefficient (Wildman–Crippen LogP) is 6.13. The molecular weight excluding hydrogens is 525 g/mol. The van der Waals surface area contributed by atoms with E-state index in [1.807, 2.05) is 19.1 Å². The van der Waals surface area contributed by atoms with Gasteiger partial charge < -0.3 is 11.1 Å². The fourth-order valence-electron chi connectivity index (χ4n) is 4.85. The molecule has 1 saturated carbocycles. The van der Waals surface area contributed by atoms with Crippen LogP contribution in [0.15, 0.2) is 65.7 Å². The van der Waals surface area contributed by atoms with Crippen LogP contribution in [0.25, 0.3) is 22.0 Å². The van der Waals surface area contributed by atoms with Crippen LogP contribution in [0.5, 0.6) is 0 Å². The number of anilines is 2. The Balaban J connectivity index is 1.41. The standard InChI is InChI=1S/C28H29ClFN5O2S/c1-2-17-13-18(14-19-16-32-28(34-27(17)19)33-21-9-7-20(31)8-10-21)23-12-11-22(15-25(23)30)35-38(36,37)26-6-4-3-5-24(26)29/h3-6,11-16,20-21,35H,2,7-10,31H2,1H3,(H,32,33,34)/t20-,21-. The summed E-state index contributed by atoms with van der Waals surface area (Å²) >= 11 is 6.04. The van der Waals surface area contributed by atoms with Gasteiger partial charge in [0, 0.05) is 29.2 Å². The third kappa shape index (κ3) is 5.60. The van der Waals surface area contributed by atoms with Gasteiger partial charge in [0.25, 0.3) is 10.0 Å².